The van der Waals surface area contributed by atoms with E-state index in [0.717, 1.165) is 24.3 Å². The summed E-state index contributed by atoms with van der Waals surface area (Å²) in [6, 6.07) is 0. The minimum Gasteiger partial charge on any atom is -0.329 e. The van der Waals surface area contributed by atoms with Gasteiger partial charge in [-0.3, -0.25) is 0 Å². The number of hydrogen-bond acceptors (Lipinski definition) is 2. The zero-order valence-electron chi connectivity index (χ0n) is 11.0. The van der Waals surface area contributed by atoms with Gasteiger partial charge in [-0.25, -0.2) is 0 Å². The molecule has 2 saturated carbocycles. The van der Waals surface area contributed by atoms with Gasteiger partial charge in [0.15, 0.2) is 0 Å². The average molecular weight is 224 g/mol. The van der Waals surface area contributed by atoms with E-state index in [2.05, 4.69) is 19.2 Å². The first-order valence-electron chi connectivity index (χ1n) is 7.10. The fourth-order valence-corrected chi connectivity index (χ4v) is 2.95. The van der Waals surface area contributed by atoms with Crippen molar-refractivity contribution in [3.8, 4) is 0 Å². The third-order valence-electron chi connectivity index (χ3n) is 4.63. The van der Waals surface area contributed by atoms with E-state index in [0.29, 0.717) is 5.54 Å². The Morgan fingerprint density at radius 2 is 2.00 bits per heavy atom. The zero-order chi connectivity index (χ0) is 11.6. The fraction of sp³-hybridized carbons (Fsp3) is 1.00. The molecule has 0 amide bonds. The van der Waals surface area contributed by atoms with Crippen molar-refractivity contribution in [2.75, 3.05) is 13.1 Å². The summed E-state index contributed by atoms with van der Waals surface area (Å²) >= 11 is 0. The maximum Gasteiger partial charge on any atom is 0.0309 e. The predicted molar refractivity (Wildman–Crippen MR) is 69.3 cm³/mol. The highest BCUT2D eigenvalue weighted by molar-refractivity contribution is 5.02. The molecule has 0 aromatic heterocycles. The molecule has 2 nitrogen and oxygen atoms in total. The summed E-state index contributed by atoms with van der Waals surface area (Å²) in [7, 11) is 0. The van der Waals surface area contributed by atoms with Crippen LogP contribution in [-0.2, 0) is 0 Å². The van der Waals surface area contributed by atoms with Crippen molar-refractivity contribution in [2.24, 2.45) is 23.5 Å². The lowest BCUT2D eigenvalue weighted by Crippen LogP contribution is -2.61. The number of hydrogen-bond donors (Lipinski definition) is 2. The van der Waals surface area contributed by atoms with Gasteiger partial charge < -0.3 is 11.1 Å². The van der Waals surface area contributed by atoms with E-state index in [1.54, 1.807) is 0 Å². The molecule has 0 aromatic rings. The molecule has 0 aromatic carbocycles. The van der Waals surface area contributed by atoms with Crippen molar-refractivity contribution < 1.29 is 0 Å². The predicted octanol–water partition coefficient (Wildman–Crippen LogP) is 2.53. The van der Waals surface area contributed by atoms with Crippen LogP contribution < -0.4 is 11.1 Å². The van der Waals surface area contributed by atoms with Gasteiger partial charge >= 0.3 is 0 Å². The largest absolute Gasteiger partial charge is 0.329 e. The van der Waals surface area contributed by atoms with Crippen molar-refractivity contribution in [3.63, 3.8) is 0 Å². The molecule has 3 N–H and O–H groups in total. The summed E-state index contributed by atoms with van der Waals surface area (Å²) in [4.78, 5) is 0. The molecule has 2 aliphatic carbocycles. The summed E-state index contributed by atoms with van der Waals surface area (Å²) in [6.45, 7) is 6.66. The topological polar surface area (TPSA) is 38.0 Å². The smallest absolute Gasteiger partial charge is 0.0309 e. The summed E-state index contributed by atoms with van der Waals surface area (Å²) < 4.78 is 0. The summed E-state index contributed by atoms with van der Waals surface area (Å²) in [5, 5.41) is 3.73. The molecule has 0 bridgehead atoms. The molecule has 0 radical (unpaired) electrons. The Labute approximate surface area is 100 Å². The third-order valence-corrected chi connectivity index (χ3v) is 4.63. The van der Waals surface area contributed by atoms with Crippen LogP contribution in [0, 0.1) is 17.8 Å². The van der Waals surface area contributed by atoms with E-state index in [9.17, 15) is 0 Å². The van der Waals surface area contributed by atoms with Crippen LogP contribution in [0.4, 0.5) is 0 Å². The molecule has 2 rings (SSSR count). The maximum atomic E-state index is 5.92. The molecule has 94 valence electrons. The van der Waals surface area contributed by atoms with Gasteiger partial charge in [0, 0.05) is 12.1 Å². The molecular weight excluding hydrogens is 196 g/mol. The lowest BCUT2D eigenvalue weighted by atomic mass is 9.64. The molecule has 2 fully saturated rings. The van der Waals surface area contributed by atoms with Gasteiger partial charge in [0.1, 0.15) is 0 Å². The van der Waals surface area contributed by atoms with E-state index < -0.39 is 0 Å². The zero-order valence-corrected chi connectivity index (χ0v) is 11.0. The van der Waals surface area contributed by atoms with Crippen LogP contribution in [0.2, 0.25) is 0 Å². The highest BCUT2D eigenvalue weighted by atomic mass is 15.0. The molecular formula is C14H28N2. The Hall–Kier alpha value is -0.0800. The van der Waals surface area contributed by atoms with E-state index in [-0.39, 0.29) is 0 Å². The Bertz CT molecular complexity index is 215. The molecule has 0 saturated heterocycles. The molecule has 16 heavy (non-hydrogen) atoms. The van der Waals surface area contributed by atoms with Gasteiger partial charge in [0.2, 0.25) is 0 Å². The van der Waals surface area contributed by atoms with Gasteiger partial charge in [0.25, 0.3) is 0 Å². The highest BCUT2D eigenvalue weighted by Crippen LogP contribution is 2.41. The van der Waals surface area contributed by atoms with Gasteiger partial charge in [0.05, 0.1) is 0 Å². The maximum absolute atomic E-state index is 5.92. The van der Waals surface area contributed by atoms with Crippen LogP contribution in [0.25, 0.3) is 0 Å². The lowest BCUT2D eigenvalue weighted by molar-refractivity contribution is 0.0766. The van der Waals surface area contributed by atoms with Gasteiger partial charge in [-0.05, 0) is 50.0 Å². The van der Waals surface area contributed by atoms with E-state index in [4.69, 9.17) is 5.73 Å². The standard InChI is InChI=1S/C14H28N2/c1-11(2)13-8-14(9-13,10-15)16-7-3-4-12-5-6-12/h11-13,16H,3-10,15H2,1-2H3. The Kier molecular flexibility index (Phi) is 3.91. The van der Waals surface area contributed by atoms with Crippen molar-refractivity contribution in [1.29, 1.82) is 0 Å². The number of nitrogens with one attached hydrogen (secondary N) is 1. The van der Waals surface area contributed by atoms with Crippen molar-refractivity contribution >= 4 is 0 Å². The molecule has 0 aliphatic heterocycles. The second-order valence-corrected chi connectivity index (χ2v) is 6.41. The lowest BCUT2D eigenvalue weighted by Gasteiger charge is -2.50. The highest BCUT2D eigenvalue weighted by Gasteiger charge is 2.43. The molecule has 2 aliphatic rings. The SMILES string of the molecule is CC(C)C1CC(CN)(NCCCC2CC2)C1. The van der Waals surface area contributed by atoms with Crippen molar-refractivity contribution in [3.05, 3.63) is 0 Å². The quantitative estimate of drug-likeness (QED) is 0.652. The minimum absolute atomic E-state index is 0.304. The second kappa shape index (κ2) is 5.05. The summed E-state index contributed by atoms with van der Waals surface area (Å²) in [5.41, 5.74) is 6.23. The van der Waals surface area contributed by atoms with Crippen LogP contribution in [-0.4, -0.2) is 18.6 Å². The number of rotatable bonds is 7. The first-order chi connectivity index (χ1) is 7.65. The van der Waals surface area contributed by atoms with Gasteiger partial charge in [-0.15, -0.1) is 0 Å². The molecule has 0 unspecified atom stereocenters. The van der Waals surface area contributed by atoms with Gasteiger partial charge in [-0.1, -0.05) is 26.7 Å². The van der Waals surface area contributed by atoms with Crippen LogP contribution in [0.15, 0.2) is 0 Å². The minimum atomic E-state index is 0.304. The van der Waals surface area contributed by atoms with Crippen LogP contribution in [0.3, 0.4) is 0 Å². The van der Waals surface area contributed by atoms with E-state index >= 15 is 0 Å². The molecule has 2 heteroatoms. The van der Waals surface area contributed by atoms with Crippen LogP contribution in [0.1, 0.15) is 52.4 Å². The van der Waals surface area contributed by atoms with Gasteiger partial charge in [-0.2, -0.15) is 0 Å². The normalized spacial score (nSPS) is 34.1. The first-order valence-corrected chi connectivity index (χ1v) is 7.10. The van der Waals surface area contributed by atoms with Crippen molar-refractivity contribution in [2.45, 2.75) is 57.9 Å². The molecule has 0 atom stereocenters. The number of nitrogens with two attached hydrogens (primary N) is 1. The summed E-state index contributed by atoms with van der Waals surface area (Å²) in [5.74, 6) is 2.80. The third kappa shape index (κ3) is 2.98. The average Bonchev–Trinajstić information content (AvgIpc) is 2.98. The van der Waals surface area contributed by atoms with E-state index in [1.807, 2.05) is 0 Å². The van der Waals surface area contributed by atoms with Crippen LogP contribution >= 0.6 is 0 Å². The molecule has 0 heterocycles. The van der Waals surface area contributed by atoms with Crippen LogP contribution in [0.5, 0.6) is 0 Å². The monoisotopic (exact) mass is 224 g/mol. The Balaban J connectivity index is 1.62. The fourth-order valence-electron chi connectivity index (χ4n) is 2.95. The Morgan fingerprint density at radius 3 is 2.50 bits per heavy atom. The second-order valence-electron chi connectivity index (χ2n) is 6.41. The Morgan fingerprint density at radius 1 is 1.31 bits per heavy atom. The van der Waals surface area contributed by atoms with Crippen molar-refractivity contribution in [1.82, 2.24) is 5.32 Å². The van der Waals surface area contributed by atoms with E-state index in [1.165, 1.54) is 45.1 Å². The summed E-state index contributed by atoms with van der Waals surface area (Å²) in [6.07, 6.45) is 8.34. The molecule has 0 spiro atoms. The first kappa shape index (κ1) is 12.4.